The largest absolute Gasteiger partial charge is 1.00 e. The van der Waals surface area contributed by atoms with Crippen LogP contribution in [0.2, 0.25) is 0 Å². The maximum absolute atomic E-state index is 12.7. The molecule has 0 aromatic heterocycles. The topological polar surface area (TPSA) is 103 Å². The van der Waals surface area contributed by atoms with Crippen LogP contribution in [0, 0.1) is 0 Å². The summed E-state index contributed by atoms with van der Waals surface area (Å²) in [6, 6.07) is 14.3. The van der Waals surface area contributed by atoms with Crippen LogP contribution >= 0.6 is 0 Å². The van der Waals surface area contributed by atoms with E-state index in [-0.39, 0.29) is 46.9 Å². The summed E-state index contributed by atoms with van der Waals surface area (Å²) in [6.07, 6.45) is 5.96. The Balaban J connectivity index is 0.00000361. The number of nitrogens with one attached hydrogen (secondary N) is 1. The SMILES string of the molecule is CC(C)c1ccc2c(CCCCNS(=O)(=O)c3ccc4c(c3)CCCC4)cc(S(=O)(=O)[O-])c-2cc1.[Na+]. The van der Waals surface area contributed by atoms with E-state index in [0.717, 1.165) is 47.9 Å². The van der Waals surface area contributed by atoms with Crippen LogP contribution in [0.5, 0.6) is 0 Å². The van der Waals surface area contributed by atoms with E-state index in [1.165, 1.54) is 11.6 Å². The van der Waals surface area contributed by atoms with Gasteiger partial charge in [0.15, 0.2) is 0 Å². The zero-order valence-electron chi connectivity index (χ0n) is 21.2. The molecule has 1 N–H and O–H groups in total. The third kappa shape index (κ3) is 6.78. The summed E-state index contributed by atoms with van der Waals surface area (Å²) in [5, 5.41) is 0. The van der Waals surface area contributed by atoms with Crippen LogP contribution in [0.25, 0.3) is 11.1 Å². The fraction of sp³-hybridized carbons (Fsp3) is 0.407. The second kappa shape index (κ2) is 12.1. The van der Waals surface area contributed by atoms with Gasteiger partial charge in [0.25, 0.3) is 0 Å². The van der Waals surface area contributed by atoms with Crippen molar-refractivity contribution in [1.29, 1.82) is 0 Å². The first-order valence-electron chi connectivity index (χ1n) is 12.2. The number of benzene rings is 1. The zero-order chi connectivity index (χ0) is 25.2. The molecule has 3 aliphatic rings. The van der Waals surface area contributed by atoms with Crippen LogP contribution in [0.1, 0.15) is 67.7 Å². The predicted octanol–water partition coefficient (Wildman–Crippen LogP) is 2.00. The molecule has 0 heterocycles. The molecule has 0 radical (unpaired) electrons. The summed E-state index contributed by atoms with van der Waals surface area (Å²) in [6.45, 7) is 4.39. The van der Waals surface area contributed by atoms with Crippen molar-refractivity contribution in [1.82, 2.24) is 4.72 Å². The molecule has 6 nitrogen and oxygen atoms in total. The van der Waals surface area contributed by atoms with Crippen molar-refractivity contribution >= 4 is 20.1 Å². The third-order valence-electron chi connectivity index (χ3n) is 6.82. The van der Waals surface area contributed by atoms with Gasteiger partial charge in [0, 0.05) is 6.54 Å². The van der Waals surface area contributed by atoms with Crippen LogP contribution in [0.4, 0.5) is 0 Å². The molecule has 0 saturated heterocycles. The average molecular weight is 538 g/mol. The number of hydrogen-bond donors (Lipinski definition) is 1. The summed E-state index contributed by atoms with van der Waals surface area (Å²) in [4.78, 5) is 0.112. The molecular formula is C27H32NNaO5S2. The van der Waals surface area contributed by atoms with Gasteiger partial charge in [-0.05, 0) is 102 Å². The van der Waals surface area contributed by atoms with Crippen LogP contribution in [-0.2, 0) is 39.4 Å². The Morgan fingerprint density at radius 2 is 1.53 bits per heavy atom. The molecule has 0 atom stereocenters. The van der Waals surface area contributed by atoms with E-state index in [4.69, 9.17) is 0 Å². The summed E-state index contributed by atoms with van der Waals surface area (Å²) in [5.74, 6) is 0.269. The van der Waals surface area contributed by atoms with Crippen LogP contribution in [-0.4, -0.2) is 27.9 Å². The second-order valence-corrected chi connectivity index (χ2v) is 12.7. The number of rotatable bonds is 9. The first kappa shape index (κ1) is 29.3. The Labute approximate surface area is 237 Å². The van der Waals surface area contributed by atoms with Gasteiger partial charge >= 0.3 is 29.6 Å². The van der Waals surface area contributed by atoms with Crippen molar-refractivity contribution in [2.75, 3.05) is 6.54 Å². The molecule has 0 spiro atoms. The molecule has 4 rings (SSSR count). The molecule has 188 valence electrons. The van der Waals surface area contributed by atoms with Gasteiger partial charge in [0.05, 0.1) is 9.79 Å². The Hall–Kier alpha value is -1.26. The summed E-state index contributed by atoms with van der Waals surface area (Å²) >= 11 is 0. The summed E-state index contributed by atoms with van der Waals surface area (Å²) in [5.41, 5.74) is 5.40. The van der Waals surface area contributed by atoms with Gasteiger partial charge in [-0.15, -0.1) is 0 Å². The van der Waals surface area contributed by atoms with Crippen molar-refractivity contribution in [2.24, 2.45) is 0 Å². The Morgan fingerprint density at radius 3 is 2.19 bits per heavy atom. The van der Waals surface area contributed by atoms with Gasteiger partial charge in [-0.1, -0.05) is 44.2 Å². The van der Waals surface area contributed by atoms with Crippen LogP contribution in [0.3, 0.4) is 0 Å². The van der Waals surface area contributed by atoms with Crippen molar-refractivity contribution in [2.45, 2.75) is 74.5 Å². The zero-order valence-corrected chi connectivity index (χ0v) is 24.8. The fourth-order valence-corrected chi connectivity index (χ4v) is 6.67. The average Bonchev–Trinajstić information content (AvgIpc) is 3.01. The second-order valence-electron chi connectivity index (χ2n) is 9.63. The van der Waals surface area contributed by atoms with E-state index in [1.807, 2.05) is 24.3 Å². The van der Waals surface area contributed by atoms with Crippen molar-refractivity contribution in [3.05, 3.63) is 70.8 Å². The van der Waals surface area contributed by atoms with E-state index < -0.39 is 20.1 Å². The summed E-state index contributed by atoms with van der Waals surface area (Å²) < 4.78 is 63.8. The number of fused-ring (bicyclic) bond motifs is 2. The molecule has 0 saturated carbocycles. The number of unbranched alkanes of at least 4 members (excludes halogenated alkanes) is 1. The minimum absolute atomic E-state index is 0. The molecule has 1 aromatic carbocycles. The number of aryl methyl sites for hydroxylation is 3. The molecule has 0 fully saturated rings. The van der Waals surface area contributed by atoms with Crippen molar-refractivity contribution < 1.29 is 50.9 Å². The Kier molecular flexibility index (Phi) is 9.82. The summed E-state index contributed by atoms with van der Waals surface area (Å²) in [7, 11) is -8.19. The molecule has 0 unspecified atom stereocenters. The number of sulfonamides is 1. The maximum Gasteiger partial charge on any atom is 1.00 e. The van der Waals surface area contributed by atoms with Gasteiger partial charge in [0.2, 0.25) is 10.0 Å². The molecule has 3 aliphatic carbocycles. The minimum Gasteiger partial charge on any atom is -0.744 e. The fourth-order valence-electron chi connectivity index (χ4n) is 4.81. The number of hydrogen-bond acceptors (Lipinski definition) is 5. The van der Waals surface area contributed by atoms with E-state index in [2.05, 4.69) is 18.6 Å². The minimum atomic E-state index is -4.61. The molecular weight excluding hydrogens is 505 g/mol. The van der Waals surface area contributed by atoms with E-state index in [9.17, 15) is 21.4 Å². The molecule has 1 aromatic rings. The molecule has 9 heteroatoms. The molecule has 0 aliphatic heterocycles. The van der Waals surface area contributed by atoms with E-state index in [0.29, 0.717) is 29.7 Å². The van der Waals surface area contributed by atoms with E-state index >= 15 is 0 Å². The Morgan fingerprint density at radius 1 is 0.861 bits per heavy atom. The standard InChI is InChI=1S/C27H33NO5S2.Na/c1-19(2)20-11-14-25-23(18-27(35(31,32)33)26(25)15-12-20)9-5-6-16-28-34(29,30)24-13-10-21-7-3-4-8-22(21)17-24;/h10-15,17-19,28H,3-9,16H2,1-2H3,(H,31,32,33);/q;+1/p-1. The van der Waals surface area contributed by atoms with Crippen molar-refractivity contribution in [3.63, 3.8) is 0 Å². The quantitative estimate of drug-likeness (QED) is 0.256. The van der Waals surface area contributed by atoms with Gasteiger partial charge in [-0.3, -0.25) is 0 Å². The van der Waals surface area contributed by atoms with Crippen LogP contribution in [0.15, 0.2) is 58.3 Å². The van der Waals surface area contributed by atoms with Crippen molar-refractivity contribution in [3.8, 4) is 11.1 Å². The third-order valence-corrected chi connectivity index (χ3v) is 9.16. The van der Waals surface area contributed by atoms with E-state index in [1.54, 1.807) is 18.2 Å². The van der Waals surface area contributed by atoms with Gasteiger partial charge in [0.1, 0.15) is 10.1 Å². The molecule has 0 bridgehead atoms. The normalized spacial score (nSPS) is 14.0. The first-order chi connectivity index (χ1) is 16.6. The first-order valence-corrected chi connectivity index (χ1v) is 15.1. The van der Waals surface area contributed by atoms with Crippen LogP contribution < -0.4 is 34.3 Å². The smallest absolute Gasteiger partial charge is 0.744 e. The van der Waals surface area contributed by atoms with Gasteiger partial charge in [-0.25, -0.2) is 21.6 Å². The van der Waals surface area contributed by atoms with Gasteiger partial charge in [-0.2, -0.15) is 0 Å². The maximum atomic E-state index is 12.7. The predicted molar refractivity (Wildman–Crippen MR) is 136 cm³/mol. The molecule has 36 heavy (non-hydrogen) atoms. The molecule has 0 amide bonds. The van der Waals surface area contributed by atoms with Gasteiger partial charge < -0.3 is 4.55 Å². The monoisotopic (exact) mass is 537 g/mol. The Bertz CT molecular complexity index is 1400.